The first-order valence-electron chi connectivity index (χ1n) is 18.7. The summed E-state index contributed by atoms with van der Waals surface area (Å²) in [6, 6.07) is 51.5. The summed E-state index contributed by atoms with van der Waals surface area (Å²) in [5, 5.41) is 22.5. The molecular weight excluding hydrogens is 683 g/mol. The predicted molar refractivity (Wildman–Crippen MR) is 225 cm³/mol. The molecule has 3 N–H and O–H groups in total. The van der Waals surface area contributed by atoms with Crippen molar-refractivity contribution < 1.29 is 24.5 Å². The number of phenols is 2. The van der Waals surface area contributed by atoms with Crippen molar-refractivity contribution in [1.82, 2.24) is 5.32 Å². The Kier molecular flexibility index (Phi) is 15.0. The minimum atomic E-state index is 0.0459. The minimum absolute atomic E-state index is 0.0459. The number of hydrogen-bond donors (Lipinski definition) is 3. The number of nitrogens with one attached hydrogen (secondary N) is 1. The summed E-state index contributed by atoms with van der Waals surface area (Å²) in [6.07, 6.45) is 2.50. The van der Waals surface area contributed by atoms with Gasteiger partial charge in [0.25, 0.3) is 0 Å². The van der Waals surface area contributed by atoms with Crippen LogP contribution in [-0.2, 0) is 4.79 Å². The first-order valence-corrected chi connectivity index (χ1v) is 18.7. The van der Waals surface area contributed by atoms with Gasteiger partial charge in [-0.3, -0.25) is 4.79 Å². The van der Waals surface area contributed by atoms with Gasteiger partial charge in [0.1, 0.15) is 36.2 Å². The van der Waals surface area contributed by atoms with Gasteiger partial charge in [-0.25, -0.2) is 0 Å². The monoisotopic (exact) mass is 731 g/mol. The van der Waals surface area contributed by atoms with E-state index in [9.17, 15) is 15.0 Å². The number of benzene rings is 6. The van der Waals surface area contributed by atoms with E-state index in [0.29, 0.717) is 12.4 Å². The fourth-order valence-corrected chi connectivity index (χ4v) is 6.45. The number of aromatic hydroxyl groups is 2. The highest BCUT2D eigenvalue weighted by atomic mass is 16.5. The molecule has 6 heteroatoms. The van der Waals surface area contributed by atoms with E-state index in [1.165, 1.54) is 27.8 Å². The molecule has 0 aliphatic heterocycles. The lowest BCUT2D eigenvalue weighted by molar-refractivity contribution is -0.109. The van der Waals surface area contributed by atoms with E-state index < -0.39 is 0 Å². The second-order valence-corrected chi connectivity index (χ2v) is 12.7. The molecule has 6 aromatic rings. The topological polar surface area (TPSA) is 88.0 Å². The molecule has 0 aliphatic rings. The molecule has 0 radical (unpaired) electrons. The molecule has 280 valence electrons. The number of aldehydes is 1. The van der Waals surface area contributed by atoms with Crippen molar-refractivity contribution in [3.05, 3.63) is 191 Å². The van der Waals surface area contributed by atoms with E-state index >= 15 is 0 Å². The van der Waals surface area contributed by atoms with Crippen LogP contribution < -0.4 is 14.8 Å². The van der Waals surface area contributed by atoms with Gasteiger partial charge in [0, 0.05) is 6.54 Å². The molecule has 55 heavy (non-hydrogen) atoms. The Morgan fingerprint density at radius 1 is 0.509 bits per heavy atom. The molecule has 0 unspecified atom stereocenters. The Morgan fingerprint density at radius 2 is 0.873 bits per heavy atom. The number of ether oxygens (including phenoxy) is 2. The number of rotatable bonds is 15. The van der Waals surface area contributed by atoms with Crippen molar-refractivity contribution in [2.24, 2.45) is 0 Å². The molecule has 0 spiro atoms. The van der Waals surface area contributed by atoms with Gasteiger partial charge in [-0.2, -0.15) is 0 Å². The van der Waals surface area contributed by atoms with Crippen LogP contribution >= 0.6 is 0 Å². The molecule has 0 atom stereocenters. The van der Waals surface area contributed by atoms with Crippen molar-refractivity contribution >= 4 is 28.6 Å². The third kappa shape index (κ3) is 11.1. The zero-order valence-corrected chi connectivity index (χ0v) is 31.7. The predicted octanol–water partition coefficient (Wildman–Crippen LogP) is 10.7. The molecule has 0 fully saturated rings. The molecule has 0 saturated carbocycles. The Labute approximate surface area is 325 Å². The Morgan fingerprint density at radius 3 is 1.22 bits per heavy atom. The summed E-state index contributed by atoms with van der Waals surface area (Å²) in [5.74, 6) is 2.04. The van der Waals surface area contributed by atoms with Gasteiger partial charge in [0.2, 0.25) is 0 Å². The van der Waals surface area contributed by atoms with E-state index in [2.05, 4.69) is 67.7 Å². The van der Waals surface area contributed by atoms with Crippen molar-refractivity contribution in [3.8, 4) is 23.0 Å². The molecule has 0 aromatic heterocycles. The molecule has 0 aliphatic carbocycles. The van der Waals surface area contributed by atoms with Gasteiger partial charge in [0.05, 0.1) is 0 Å². The van der Waals surface area contributed by atoms with Gasteiger partial charge >= 0.3 is 0 Å². The standard InChI is InChI=1S/C25H27NO2.C24H22O3/c1-3-24(19-7-5-4-6-8-19)25(20-9-13-22(27)14-10-20)21-11-15-23(16-12-21)28-18-17-26-2;1-2-23(18-6-4-3-5-7-18)24(19-8-12-21(26)13-9-19)20-10-14-22(15-11-20)27-17-16-25/h4-16,26-27H,3,17-18H2,1-2H3;3-16,26H,2,17H2,1H3/b25-24-;24-23-. The largest absolute Gasteiger partial charge is 0.508 e. The molecular formula is C49H49NO5. The van der Waals surface area contributed by atoms with Crippen LogP contribution in [0, 0.1) is 0 Å². The average molecular weight is 732 g/mol. The summed E-state index contributed by atoms with van der Waals surface area (Å²) in [7, 11) is 1.91. The van der Waals surface area contributed by atoms with Crippen LogP contribution in [0.2, 0.25) is 0 Å². The fraction of sp³-hybridized carbons (Fsp3) is 0.163. The molecule has 6 aromatic carbocycles. The highest BCUT2D eigenvalue weighted by molar-refractivity contribution is 5.99. The van der Waals surface area contributed by atoms with Gasteiger partial charge in [-0.05, 0) is 124 Å². The Bertz CT molecular complexity index is 2120. The van der Waals surface area contributed by atoms with Crippen LogP contribution in [0.15, 0.2) is 158 Å². The van der Waals surface area contributed by atoms with E-state index in [1.54, 1.807) is 24.3 Å². The summed E-state index contributed by atoms with van der Waals surface area (Å²) in [4.78, 5) is 10.5. The van der Waals surface area contributed by atoms with Crippen LogP contribution in [0.25, 0.3) is 22.3 Å². The van der Waals surface area contributed by atoms with Crippen LogP contribution in [0.3, 0.4) is 0 Å². The van der Waals surface area contributed by atoms with Crippen molar-refractivity contribution in [3.63, 3.8) is 0 Å². The minimum Gasteiger partial charge on any atom is -0.508 e. The summed E-state index contributed by atoms with van der Waals surface area (Å²) < 4.78 is 11.1. The summed E-state index contributed by atoms with van der Waals surface area (Å²) in [5.41, 5.74) is 11.5. The number of hydrogen-bond acceptors (Lipinski definition) is 6. The maximum Gasteiger partial charge on any atom is 0.157 e. The third-order valence-electron chi connectivity index (χ3n) is 9.09. The Hall–Kier alpha value is -6.37. The lowest BCUT2D eigenvalue weighted by atomic mass is 9.88. The first-order chi connectivity index (χ1) is 26.9. The van der Waals surface area contributed by atoms with E-state index in [-0.39, 0.29) is 18.1 Å². The smallest absolute Gasteiger partial charge is 0.157 e. The number of likely N-dealkylation sites (N-methyl/N-ethyl adjacent to an activating group) is 1. The van der Waals surface area contributed by atoms with Gasteiger partial charge < -0.3 is 25.0 Å². The zero-order chi connectivity index (χ0) is 38.8. The second kappa shape index (κ2) is 20.8. The highest BCUT2D eigenvalue weighted by Crippen LogP contribution is 2.37. The lowest BCUT2D eigenvalue weighted by Crippen LogP contribution is -2.15. The SMILES string of the molecule is CC/C(=C(\c1ccc(O)cc1)c1ccc(OCC=O)cc1)c1ccccc1.CC/C(=C(\c1ccc(O)cc1)c1ccc(OCCNC)cc1)c1ccccc1. The van der Waals surface area contributed by atoms with Crippen molar-refractivity contribution in [2.75, 3.05) is 26.8 Å². The van der Waals surface area contributed by atoms with E-state index in [0.717, 1.165) is 59.2 Å². The van der Waals surface area contributed by atoms with E-state index in [4.69, 9.17) is 9.47 Å². The zero-order valence-electron chi connectivity index (χ0n) is 31.7. The highest BCUT2D eigenvalue weighted by Gasteiger charge is 2.15. The summed E-state index contributed by atoms with van der Waals surface area (Å²) >= 11 is 0. The number of allylic oxidation sites excluding steroid dienone is 2. The van der Waals surface area contributed by atoms with Crippen molar-refractivity contribution in [2.45, 2.75) is 26.7 Å². The number of carbonyl (C=O) groups is 1. The van der Waals surface area contributed by atoms with Crippen LogP contribution in [0.5, 0.6) is 23.0 Å². The Balaban J connectivity index is 0.000000211. The quantitative estimate of drug-likeness (QED) is 0.0554. The average Bonchev–Trinajstić information content (AvgIpc) is 3.23. The molecule has 6 rings (SSSR count). The summed E-state index contributed by atoms with van der Waals surface area (Å²) in [6.45, 7) is 5.82. The van der Waals surface area contributed by atoms with Gasteiger partial charge in [-0.15, -0.1) is 0 Å². The van der Waals surface area contributed by atoms with Crippen LogP contribution in [0.4, 0.5) is 0 Å². The maximum atomic E-state index is 10.5. The van der Waals surface area contributed by atoms with Gasteiger partial charge in [0.15, 0.2) is 6.29 Å². The first kappa shape index (κ1) is 39.8. The van der Waals surface area contributed by atoms with Crippen LogP contribution in [-0.4, -0.2) is 43.3 Å². The molecule has 0 amide bonds. The molecule has 0 saturated heterocycles. The van der Waals surface area contributed by atoms with E-state index in [1.807, 2.05) is 92.0 Å². The molecule has 0 bridgehead atoms. The number of phenolic OH excluding ortho intramolecular Hbond substituents is 2. The maximum absolute atomic E-state index is 10.5. The second-order valence-electron chi connectivity index (χ2n) is 12.7. The molecule has 0 heterocycles. The van der Waals surface area contributed by atoms with Crippen molar-refractivity contribution in [1.29, 1.82) is 0 Å². The lowest BCUT2D eigenvalue weighted by Gasteiger charge is -2.17. The van der Waals surface area contributed by atoms with Gasteiger partial charge in [-0.1, -0.05) is 123 Å². The fourth-order valence-electron chi connectivity index (χ4n) is 6.45. The number of carbonyl (C=O) groups excluding carboxylic acids is 1. The third-order valence-corrected chi connectivity index (χ3v) is 9.09. The normalized spacial score (nSPS) is 11.7. The van der Waals surface area contributed by atoms with Crippen LogP contribution in [0.1, 0.15) is 60.1 Å². The molecule has 6 nitrogen and oxygen atoms in total.